The maximum absolute atomic E-state index is 12.2. The van der Waals surface area contributed by atoms with Gasteiger partial charge in [-0.05, 0) is 18.2 Å². The summed E-state index contributed by atoms with van der Waals surface area (Å²) in [5, 5.41) is 0. The zero-order chi connectivity index (χ0) is 15.2. The van der Waals surface area contributed by atoms with E-state index >= 15 is 0 Å². The van der Waals surface area contributed by atoms with Gasteiger partial charge in [-0.3, -0.25) is 4.79 Å². The van der Waals surface area contributed by atoms with Gasteiger partial charge in [0.1, 0.15) is 18.0 Å². The second kappa shape index (κ2) is 7.40. The predicted molar refractivity (Wildman–Crippen MR) is 76.7 cm³/mol. The lowest BCUT2D eigenvalue weighted by atomic mass is 10.0. The number of methoxy groups -OCH3 is 2. The van der Waals surface area contributed by atoms with Gasteiger partial charge in [-0.1, -0.05) is 0 Å². The molecule has 1 amide bonds. The van der Waals surface area contributed by atoms with Gasteiger partial charge in [0.15, 0.2) is 0 Å². The fourth-order valence-corrected chi connectivity index (χ4v) is 2.41. The van der Waals surface area contributed by atoms with Gasteiger partial charge in [0, 0.05) is 27.3 Å². The molecule has 0 aromatic carbocycles. The summed E-state index contributed by atoms with van der Waals surface area (Å²) in [5.41, 5.74) is 0. The third-order valence-corrected chi connectivity index (χ3v) is 3.67. The number of amides is 1. The van der Waals surface area contributed by atoms with Gasteiger partial charge in [-0.2, -0.15) is 0 Å². The molecule has 1 saturated heterocycles. The Balaban J connectivity index is 2.03. The highest BCUT2D eigenvalue weighted by Crippen LogP contribution is 2.19. The first-order valence-corrected chi connectivity index (χ1v) is 6.79. The molecule has 0 bridgehead atoms. The highest BCUT2D eigenvalue weighted by atomic mass is 16.6. The van der Waals surface area contributed by atoms with Crippen LogP contribution in [0.15, 0.2) is 28.9 Å². The Morgan fingerprint density at radius 3 is 2.81 bits per heavy atom. The van der Waals surface area contributed by atoms with Crippen LogP contribution in [0.25, 0.3) is 6.08 Å². The molecule has 116 valence electrons. The molecule has 1 aromatic heterocycles. The Hall–Kier alpha value is -1.63. The fraction of sp³-hybridized carbons (Fsp3) is 0.533. The molecule has 6 nitrogen and oxygen atoms in total. The molecule has 21 heavy (non-hydrogen) atoms. The second-order valence-corrected chi connectivity index (χ2v) is 4.88. The van der Waals surface area contributed by atoms with E-state index in [1.807, 2.05) is 0 Å². The van der Waals surface area contributed by atoms with Crippen molar-refractivity contribution in [1.29, 1.82) is 0 Å². The first kappa shape index (κ1) is 15.8. The Morgan fingerprint density at radius 1 is 1.38 bits per heavy atom. The number of nitrogens with zero attached hydrogens (tertiary/aromatic N) is 1. The number of furan rings is 1. The van der Waals surface area contributed by atoms with Crippen molar-refractivity contribution in [2.24, 2.45) is 0 Å². The van der Waals surface area contributed by atoms with Crippen LogP contribution in [0.1, 0.15) is 5.76 Å². The third-order valence-electron chi connectivity index (χ3n) is 3.67. The van der Waals surface area contributed by atoms with Crippen LogP contribution in [0.2, 0.25) is 0 Å². The summed E-state index contributed by atoms with van der Waals surface area (Å²) in [7, 11) is 4.96. The second-order valence-electron chi connectivity index (χ2n) is 4.88. The van der Waals surface area contributed by atoms with Crippen molar-refractivity contribution >= 4 is 12.0 Å². The zero-order valence-corrected chi connectivity index (χ0v) is 12.5. The molecule has 0 aliphatic carbocycles. The number of carbonyl (C=O) groups is 1. The first-order chi connectivity index (χ1) is 10.2. The molecule has 3 atom stereocenters. The standard InChI is InChI=1S/C15H21NO5/c1-16(14(17)7-6-11-5-4-8-21-11)12-9-20-10-13(18-2)15(12)19-3/h4-8,12-13,15H,9-10H2,1-3H3/b7-6+/t12-,13-,15+/m1/s1. The highest BCUT2D eigenvalue weighted by Gasteiger charge is 2.38. The van der Waals surface area contributed by atoms with E-state index < -0.39 is 0 Å². The van der Waals surface area contributed by atoms with Gasteiger partial charge in [0.05, 0.1) is 25.5 Å². The van der Waals surface area contributed by atoms with Crippen molar-refractivity contribution in [2.75, 3.05) is 34.5 Å². The SMILES string of the molecule is CO[C@H]1[C@H](N(C)C(=O)/C=C/c2ccco2)COC[C@H]1OC. The van der Waals surface area contributed by atoms with E-state index in [1.165, 1.54) is 6.08 Å². The van der Waals surface area contributed by atoms with Crippen LogP contribution in [0.4, 0.5) is 0 Å². The van der Waals surface area contributed by atoms with Gasteiger partial charge >= 0.3 is 0 Å². The minimum atomic E-state index is -0.213. The molecule has 2 heterocycles. The molecular formula is C15H21NO5. The van der Waals surface area contributed by atoms with Crippen molar-refractivity contribution in [1.82, 2.24) is 4.90 Å². The minimum absolute atomic E-state index is 0.140. The van der Waals surface area contributed by atoms with E-state index in [4.69, 9.17) is 18.6 Å². The van der Waals surface area contributed by atoms with E-state index in [1.54, 1.807) is 50.6 Å². The molecule has 0 spiro atoms. The molecule has 1 aromatic rings. The van der Waals surface area contributed by atoms with Crippen molar-refractivity contribution in [3.8, 4) is 0 Å². The summed E-state index contributed by atoms with van der Waals surface area (Å²) in [6.45, 7) is 0.894. The molecule has 1 fully saturated rings. The monoisotopic (exact) mass is 295 g/mol. The molecule has 0 unspecified atom stereocenters. The average molecular weight is 295 g/mol. The lowest BCUT2D eigenvalue weighted by Crippen LogP contribution is -2.57. The van der Waals surface area contributed by atoms with Gasteiger partial charge in [-0.25, -0.2) is 0 Å². The van der Waals surface area contributed by atoms with Crippen molar-refractivity contribution in [2.45, 2.75) is 18.2 Å². The number of likely N-dealkylation sites (N-methyl/N-ethyl adjacent to an activating group) is 1. The normalized spacial score (nSPS) is 26.1. The lowest BCUT2D eigenvalue weighted by Gasteiger charge is -2.40. The Kier molecular flexibility index (Phi) is 5.55. The molecule has 6 heteroatoms. The quantitative estimate of drug-likeness (QED) is 0.763. The molecule has 0 saturated carbocycles. The third kappa shape index (κ3) is 3.72. The number of ether oxygens (including phenoxy) is 3. The maximum atomic E-state index is 12.2. The van der Waals surface area contributed by atoms with E-state index in [0.717, 1.165) is 0 Å². The molecule has 1 aliphatic rings. The topological polar surface area (TPSA) is 61.1 Å². The maximum Gasteiger partial charge on any atom is 0.246 e. The Morgan fingerprint density at radius 2 is 2.19 bits per heavy atom. The number of hydrogen-bond acceptors (Lipinski definition) is 5. The van der Waals surface area contributed by atoms with Gasteiger partial charge in [0.25, 0.3) is 0 Å². The van der Waals surface area contributed by atoms with Crippen LogP contribution in [0.3, 0.4) is 0 Å². The van der Waals surface area contributed by atoms with Crippen LogP contribution >= 0.6 is 0 Å². The smallest absolute Gasteiger partial charge is 0.246 e. The average Bonchev–Trinajstić information content (AvgIpc) is 3.04. The Labute approximate surface area is 124 Å². The molecule has 2 rings (SSSR count). The Bertz CT molecular complexity index is 470. The summed E-state index contributed by atoms with van der Waals surface area (Å²) in [4.78, 5) is 13.8. The van der Waals surface area contributed by atoms with Crippen LogP contribution in [0.5, 0.6) is 0 Å². The van der Waals surface area contributed by atoms with E-state index in [0.29, 0.717) is 19.0 Å². The summed E-state index contributed by atoms with van der Waals surface area (Å²) in [6.07, 6.45) is 4.28. The summed E-state index contributed by atoms with van der Waals surface area (Å²) >= 11 is 0. The van der Waals surface area contributed by atoms with Crippen molar-refractivity contribution in [3.63, 3.8) is 0 Å². The van der Waals surface area contributed by atoms with Crippen LogP contribution < -0.4 is 0 Å². The molecule has 0 radical (unpaired) electrons. The lowest BCUT2D eigenvalue weighted by molar-refractivity contribution is -0.161. The van der Waals surface area contributed by atoms with Crippen molar-refractivity contribution < 1.29 is 23.4 Å². The molecular weight excluding hydrogens is 274 g/mol. The highest BCUT2D eigenvalue weighted by molar-refractivity contribution is 5.91. The predicted octanol–water partition coefficient (Wildman–Crippen LogP) is 1.18. The van der Waals surface area contributed by atoms with E-state index in [9.17, 15) is 4.79 Å². The fourth-order valence-electron chi connectivity index (χ4n) is 2.41. The van der Waals surface area contributed by atoms with Gasteiger partial charge < -0.3 is 23.5 Å². The largest absolute Gasteiger partial charge is 0.465 e. The number of hydrogen-bond donors (Lipinski definition) is 0. The van der Waals surface area contributed by atoms with Gasteiger partial charge in [-0.15, -0.1) is 0 Å². The van der Waals surface area contributed by atoms with Crippen LogP contribution in [-0.2, 0) is 19.0 Å². The summed E-state index contributed by atoms with van der Waals surface area (Å²) in [6, 6.07) is 3.36. The minimum Gasteiger partial charge on any atom is -0.465 e. The zero-order valence-electron chi connectivity index (χ0n) is 12.5. The van der Waals surface area contributed by atoms with Crippen LogP contribution in [0, 0.1) is 0 Å². The van der Waals surface area contributed by atoms with Crippen molar-refractivity contribution in [3.05, 3.63) is 30.2 Å². The van der Waals surface area contributed by atoms with E-state index in [2.05, 4.69) is 0 Å². The van der Waals surface area contributed by atoms with Crippen LogP contribution in [-0.4, -0.2) is 63.5 Å². The van der Waals surface area contributed by atoms with Gasteiger partial charge in [0.2, 0.25) is 5.91 Å². The summed E-state index contributed by atoms with van der Waals surface area (Å²) < 4.78 is 21.5. The molecule has 0 N–H and O–H groups in total. The molecule has 1 aliphatic heterocycles. The first-order valence-electron chi connectivity index (χ1n) is 6.79. The number of carbonyl (C=O) groups excluding carboxylic acids is 1. The summed E-state index contributed by atoms with van der Waals surface area (Å²) in [5.74, 6) is 0.494. The van der Waals surface area contributed by atoms with E-state index in [-0.39, 0.29) is 24.2 Å². The number of rotatable bonds is 5.